The number of aryl methyl sites for hydroxylation is 1. The third kappa shape index (κ3) is 4.19. The van der Waals surface area contributed by atoms with E-state index in [0.717, 1.165) is 69.6 Å². The van der Waals surface area contributed by atoms with Crippen molar-refractivity contribution < 1.29 is 4.74 Å². The van der Waals surface area contributed by atoms with Gasteiger partial charge in [-0.25, -0.2) is 4.68 Å². The first kappa shape index (κ1) is 19.5. The molecule has 1 saturated heterocycles. The number of aromatic amines is 1. The maximum absolute atomic E-state index is 5.62. The molecule has 0 amide bonds. The molecule has 0 unspecified atom stereocenters. The van der Waals surface area contributed by atoms with Crippen LogP contribution in [0.15, 0.2) is 42.5 Å². The van der Waals surface area contributed by atoms with Crippen LogP contribution in [0.1, 0.15) is 16.7 Å². The number of hydrogen-bond acceptors (Lipinski definition) is 5. The second-order valence-electron chi connectivity index (χ2n) is 8.22. The summed E-state index contributed by atoms with van der Waals surface area (Å²) in [5, 5.41) is 3.37. The summed E-state index contributed by atoms with van der Waals surface area (Å²) >= 11 is 5.49. The van der Waals surface area contributed by atoms with E-state index in [0.29, 0.717) is 4.77 Å². The van der Waals surface area contributed by atoms with Gasteiger partial charge in [-0.2, -0.15) is 4.98 Å². The highest BCUT2D eigenvalue weighted by Gasteiger charge is 2.19. The Bertz CT molecular complexity index is 1080. The molecule has 2 aliphatic heterocycles. The molecular weight excluding hydrogens is 394 g/mol. The second kappa shape index (κ2) is 8.34. The minimum atomic E-state index is 0.605. The van der Waals surface area contributed by atoms with E-state index in [-0.39, 0.29) is 0 Å². The lowest BCUT2D eigenvalue weighted by molar-refractivity contribution is 0.0982. The predicted octanol–water partition coefficient (Wildman–Crippen LogP) is 3.63. The van der Waals surface area contributed by atoms with E-state index in [1.807, 2.05) is 4.68 Å². The summed E-state index contributed by atoms with van der Waals surface area (Å²) < 4.78 is 8.20. The van der Waals surface area contributed by atoms with Crippen molar-refractivity contribution in [3.63, 3.8) is 0 Å². The van der Waals surface area contributed by atoms with Crippen molar-refractivity contribution in [2.75, 3.05) is 32.8 Å². The summed E-state index contributed by atoms with van der Waals surface area (Å²) in [6.45, 7) is 8.81. The number of rotatable bonds is 5. The fraction of sp³-hybridized carbons (Fsp3) is 0.391. The molecule has 0 saturated carbocycles. The molecule has 5 rings (SSSR count). The SMILES string of the molecule is Cc1ccc(-c2nc(=S)n(CN3CCN(Cc4ccc5c(c4)CCO5)CC3)[nH]2)cc1. The Morgan fingerprint density at radius 3 is 2.60 bits per heavy atom. The van der Waals surface area contributed by atoms with Crippen molar-refractivity contribution in [1.29, 1.82) is 0 Å². The predicted molar refractivity (Wildman–Crippen MR) is 120 cm³/mol. The maximum Gasteiger partial charge on any atom is 0.217 e. The van der Waals surface area contributed by atoms with Crippen LogP contribution in [0, 0.1) is 11.7 Å². The summed E-state index contributed by atoms with van der Waals surface area (Å²) in [5.74, 6) is 1.89. The Kier molecular flexibility index (Phi) is 5.41. The van der Waals surface area contributed by atoms with Crippen molar-refractivity contribution in [2.45, 2.75) is 26.6 Å². The highest BCUT2D eigenvalue weighted by atomic mass is 32.1. The first-order valence-corrected chi connectivity index (χ1v) is 11.0. The average Bonchev–Trinajstić information content (AvgIpc) is 3.36. The van der Waals surface area contributed by atoms with Gasteiger partial charge in [0, 0.05) is 44.7 Å². The minimum absolute atomic E-state index is 0.605. The Balaban J connectivity index is 1.17. The van der Waals surface area contributed by atoms with Gasteiger partial charge in [0.1, 0.15) is 5.75 Å². The number of aromatic nitrogens is 3. The van der Waals surface area contributed by atoms with E-state index in [4.69, 9.17) is 17.0 Å². The number of nitrogens with zero attached hydrogens (tertiary/aromatic N) is 4. The van der Waals surface area contributed by atoms with Crippen LogP contribution >= 0.6 is 12.2 Å². The zero-order valence-corrected chi connectivity index (χ0v) is 18.1. The van der Waals surface area contributed by atoms with Gasteiger partial charge in [-0.15, -0.1) is 0 Å². The Morgan fingerprint density at radius 2 is 1.80 bits per heavy atom. The molecule has 7 heteroatoms. The van der Waals surface area contributed by atoms with E-state index in [2.05, 4.69) is 69.3 Å². The van der Waals surface area contributed by atoms with Crippen LogP contribution in [0.25, 0.3) is 11.4 Å². The van der Waals surface area contributed by atoms with Gasteiger partial charge in [0.2, 0.25) is 4.77 Å². The topological polar surface area (TPSA) is 49.3 Å². The number of benzene rings is 2. The fourth-order valence-electron chi connectivity index (χ4n) is 4.18. The highest BCUT2D eigenvalue weighted by molar-refractivity contribution is 7.71. The summed E-state index contributed by atoms with van der Waals surface area (Å²) in [6.07, 6.45) is 1.03. The largest absolute Gasteiger partial charge is 0.493 e. The minimum Gasteiger partial charge on any atom is -0.493 e. The number of fused-ring (bicyclic) bond motifs is 1. The van der Waals surface area contributed by atoms with Gasteiger partial charge in [-0.3, -0.25) is 14.9 Å². The maximum atomic E-state index is 5.62. The molecule has 3 heterocycles. The van der Waals surface area contributed by atoms with E-state index in [1.165, 1.54) is 16.7 Å². The molecular formula is C23H27N5OS. The number of piperazine rings is 1. The average molecular weight is 422 g/mol. The van der Waals surface area contributed by atoms with Crippen molar-refractivity contribution in [3.05, 3.63) is 63.9 Å². The van der Waals surface area contributed by atoms with Crippen LogP contribution in [0.5, 0.6) is 5.75 Å². The number of hydrogen-bond donors (Lipinski definition) is 1. The van der Waals surface area contributed by atoms with Crippen molar-refractivity contribution in [2.24, 2.45) is 0 Å². The number of H-pyrrole nitrogens is 1. The lowest BCUT2D eigenvalue weighted by Crippen LogP contribution is -2.46. The van der Waals surface area contributed by atoms with Crippen molar-refractivity contribution in [1.82, 2.24) is 24.6 Å². The molecule has 6 nitrogen and oxygen atoms in total. The zero-order valence-electron chi connectivity index (χ0n) is 17.3. The van der Waals surface area contributed by atoms with Gasteiger partial charge in [0.15, 0.2) is 5.82 Å². The molecule has 30 heavy (non-hydrogen) atoms. The summed E-state index contributed by atoms with van der Waals surface area (Å²) in [4.78, 5) is 9.51. The Morgan fingerprint density at radius 1 is 1.03 bits per heavy atom. The quantitative estimate of drug-likeness (QED) is 0.638. The zero-order chi connectivity index (χ0) is 20.5. The molecule has 1 aromatic heterocycles. The van der Waals surface area contributed by atoms with Gasteiger partial charge in [-0.1, -0.05) is 42.0 Å². The molecule has 0 spiro atoms. The highest BCUT2D eigenvalue weighted by Crippen LogP contribution is 2.26. The summed E-state index contributed by atoms with van der Waals surface area (Å²) in [7, 11) is 0. The van der Waals surface area contributed by atoms with Gasteiger partial charge in [0.25, 0.3) is 0 Å². The van der Waals surface area contributed by atoms with Crippen molar-refractivity contribution >= 4 is 12.2 Å². The first-order chi connectivity index (χ1) is 14.6. The molecule has 0 radical (unpaired) electrons. The summed E-state index contributed by atoms with van der Waals surface area (Å²) in [6, 6.07) is 15.0. The smallest absolute Gasteiger partial charge is 0.217 e. The van der Waals surface area contributed by atoms with Gasteiger partial charge in [-0.05, 0) is 36.3 Å². The molecule has 0 bridgehead atoms. The van der Waals surface area contributed by atoms with E-state index in [1.54, 1.807) is 0 Å². The van der Waals surface area contributed by atoms with E-state index in [9.17, 15) is 0 Å². The van der Waals surface area contributed by atoms with Crippen LogP contribution in [0.4, 0.5) is 0 Å². The van der Waals surface area contributed by atoms with Gasteiger partial charge in [0.05, 0.1) is 13.3 Å². The van der Waals surface area contributed by atoms with Crippen LogP contribution in [-0.4, -0.2) is 57.4 Å². The van der Waals surface area contributed by atoms with Gasteiger partial charge < -0.3 is 4.74 Å². The standard InChI is InChI=1S/C23H27N5OS/c1-17-2-5-19(6-3-17)22-24-23(30)28(25-22)16-27-11-9-26(10-12-27)15-18-4-7-21-20(14-18)8-13-29-21/h2-7,14H,8-13,15-16H2,1H3,(H,24,25,30). The van der Waals surface area contributed by atoms with Crippen LogP contribution in [0.3, 0.4) is 0 Å². The Labute approximate surface area is 182 Å². The molecule has 2 aliphatic rings. The fourth-order valence-corrected chi connectivity index (χ4v) is 4.37. The lowest BCUT2D eigenvalue weighted by atomic mass is 10.1. The molecule has 2 aromatic carbocycles. The van der Waals surface area contributed by atoms with Crippen LogP contribution in [-0.2, 0) is 19.6 Å². The van der Waals surface area contributed by atoms with Crippen LogP contribution in [0.2, 0.25) is 0 Å². The van der Waals surface area contributed by atoms with Crippen LogP contribution < -0.4 is 4.74 Å². The van der Waals surface area contributed by atoms with Gasteiger partial charge >= 0.3 is 0 Å². The molecule has 0 aliphatic carbocycles. The third-order valence-corrected chi connectivity index (χ3v) is 6.28. The third-order valence-electron chi connectivity index (χ3n) is 5.97. The molecule has 0 atom stereocenters. The van der Waals surface area contributed by atoms with E-state index >= 15 is 0 Å². The molecule has 3 aromatic rings. The summed E-state index contributed by atoms with van der Waals surface area (Å²) in [5.41, 5.74) is 5.04. The first-order valence-electron chi connectivity index (χ1n) is 10.6. The normalized spacial score (nSPS) is 17.1. The molecule has 156 valence electrons. The van der Waals surface area contributed by atoms with E-state index < -0.39 is 0 Å². The monoisotopic (exact) mass is 421 g/mol. The number of ether oxygens (including phenoxy) is 1. The van der Waals surface area contributed by atoms with Crippen molar-refractivity contribution in [3.8, 4) is 17.1 Å². The Hall–Kier alpha value is -2.48. The number of nitrogens with one attached hydrogen (secondary N) is 1. The molecule has 1 N–H and O–H groups in total. The lowest BCUT2D eigenvalue weighted by Gasteiger charge is -2.34. The molecule has 1 fully saturated rings. The second-order valence-corrected chi connectivity index (χ2v) is 8.59.